The summed E-state index contributed by atoms with van der Waals surface area (Å²) in [5, 5.41) is 14.5. The summed E-state index contributed by atoms with van der Waals surface area (Å²) >= 11 is 0. The summed E-state index contributed by atoms with van der Waals surface area (Å²) in [6.45, 7) is 13.0. The van der Waals surface area contributed by atoms with Gasteiger partial charge in [-0.3, -0.25) is 14.5 Å². The van der Waals surface area contributed by atoms with Gasteiger partial charge in [-0.05, 0) is 80.8 Å². The van der Waals surface area contributed by atoms with Crippen LogP contribution in [0.4, 0.5) is 11.6 Å². The van der Waals surface area contributed by atoms with Crippen molar-refractivity contribution >= 4 is 36.8 Å². The molecule has 1 amide bonds. The third-order valence-corrected chi connectivity index (χ3v) is 10.1. The van der Waals surface area contributed by atoms with E-state index in [1.165, 1.54) is 23.9 Å². The number of rotatable bonds is 13. The maximum atomic E-state index is 13.5. The fourth-order valence-electron chi connectivity index (χ4n) is 6.82. The van der Waals surface area contributed by atoms with Gasteiger partial charge in [-0.25, -0.2) is 9.97 Å². The number of amides is 1. The molecule has 3 aromatic rings. The number of nitrogens with one attached hydrogen (secondary N) is 1. The van der Waals surface area contributed by atoms with Crippen LogP contribution in [0.3, 0.4) is 0 Å². The van der Waals surface area contributed by atoms with Crippen LogP contribution in [0.2, 0.25) is 0 Å². The Morgan fingerprint density at radius 3 is 2.55 bits per heavy atom. The van der Waals surface area contributed by atoms with Crippen LogP contribution in [0.5, 0.6) is 5.75 Å². The Hall–Kier alpha value is -3.61. The van der Waals surface area contributed by atoms with Gasteiger partial charge in [0.05, 0.1) is 11.8 Å². The largest absolute Gasteiger partial charge is 0.485 e. The van der Waals surface area contributed by atoms with E-state index in [1.54, 1.807) is 0 Å². The van der Waals surface area contributed by atoms with Gasteiger partial charge >= 0.3 is 0 Å². The number of fused-ring (bicyclic) bond motifs is 1. The van der Waals surface area contributed by atoms with Crippen molar-refractivity contribution in [3.8, 4) is 5.75 Å². The molecule has 1 saturated carbocycles. The minimum Gasteiger partial charge on any atom is -0.485 e. The van der Waals surface area contributed by atoms with Crippen molar-refractivity contribution in [1.82, 2.24) is 19.8 Å². The Morgan fingerprint density at radius 1 is 1.10 bits per heavy atom. The van der Waals surface area contributed by atoms with Gasteiger partial charge in [0.15, 0.2) is 17.9 Å². The molecule has 0 radical (unpaired) electrons. The molecule has 2 N–H and O–H groups in total. The normalized spacial score (nSPS) is 17.3. The summed E-state index contributed by atoms with van der Waals surface area (Å²) in [5.74, 6) is 3.25. The minimum absolute atomic E-state index is 0. The SMILES string of the molecule is Cc1ncoc1COc1ccc2c(c1C)CCN(C[C@@H](O)CCC(=O)c1cc(NC3CCC3)nc(N3CCN(C(=O)C(C)C)CC3)c1)C2.S. The molecule has 0 unspecified atom stereocenters. The van der Waals surface area contributed by atoms with Gasteiger partial charge in [0.2, 0.25) is 5.91 Å². The molecule has 2 aromatic heterocycles. The predicted molar refractivity (Wildman–Crippen MR) is 195 cm³/mol. The van der Waals surface area contributed by atoms with Crippen molar-refractivity contribution in [3.05, 3.63) is 64.4 Å². The summed E-state index contributed by atoms with van der Waals surface area (Å²) < 4.78 is 11.5. The highest BCUT2D eigenvalue weighted by Crippen LogP contribution is 2.31. The van der Waals surface area contributed by atoms with E-state index in [9.17, 15) is 14.7 Å². The number of Topliss-reactive ketones (excluding diaryl/α,β-unsaturated/α-hetero) is 1. The summed E-state index contributed by atoms with van der Waals surface area (Å²) in [6, 6.07) is 8.27. The molecule has 2 fully saturated rings. The number of anilines is 2. The van der Waals surface area contributed by atoms with Gasteiger partial charge in [0.1, 0.15) is 24.0 Å². The second-order valence-electron chi connectivity index (χ2n) is 13.9. The lowest BCUT2D eigenvalue weighted by Gasteiger charge is -2.36. The Balaban J connectivity index is 0.00000468. The highest BCUT2D eigenvalue weighted by molar-refractivity contribution is 7.59. The molecule has 0 spiro atoms. The number of aliphatic hydroxyl groups excluding tert-OH is 1. The number of ether oxygens (including phenoxy) is 1. The van der Waals surface area contributed by atoms with Crippen LogP contribution in [0, 0.1) is 19.8 Å². The van der Waals surface area contributed by atoms with Crippen molar-refractivity contribution in [3.63, 3.8) is 0 Å². The maximum absolute atomic E-state index is 13.5. The number of carbonyl (C=O) groups excluding carboxylic acids is 2. The number of hydrogen-bond acceptors (Lipinski definition) is 10. The number of hydrogen-bond donors (Lipinski definition) is 2. The first kappa shape index (κ1) is 36.7. The molecule has 1 aromatic carbocycles. The quantitative estimate of drug-likeness (QED) is 0.236. The Labute approximate surface area is 296 Å². The van der Waals surface area contributed by atoms with Gasteiger partial charge in [0.25, 0.3) is 0 Å². The van der Waals surface area contributed by atoms with Crippen molar-refractivity contribution < 1.29 is 23.8 Å². The van der Waals surface area contributed by atoms with Crippen molar-refractivity contribution in [2.24, 2.45) is 5.92 Å². The molecule has 11 nitrogen and oxygen atoms in total. The second-order valence-corrected chi connectivity index (χ2v) is 13.9. The number of pyridine rings is 1. The third-order valence-electron chi connectivity index (χ3n) is 10.1. The second kappa shape index (κ2) is 16.4. The molecule has 4 heterocycles. The number of aliphatic hydroxyl groups is 1. The van der Waals surface area contributed by atoms with Gasteiger partial charge < -0.3 is 29.4 Å². The number of aromatic nitrogens is 2. The van der Waals surface area contributed by atoms with E-state index in [0.29, 0.717) is 57.4 Å². The van der Waals surface area contributed by atoms with Crippen molar-refractivity contribution in [2.75, 3.05) is 49.5 Å². The zero-order valence-electron chi connectivity index (χ0n) is 29.3. The van der Waals surface area contributed by atoms with Crippen molar-refractivity contribution in [2.45, 2.75) is 91.5 Å². The molecule has 49 heavy (non-hydrogen) atoms. The summed E-state index contributed by atoms with van der Waals surface area (Å²) in [6.07, 6.45) is 5.79. The maximum Gasteiger partial charge on any atom is 0.225 e. The summed E-state index contributed by atoms with van der Waals surface area (Å²) in [5.41, 5.74) is 5.15. The van der Waals surface area contributed by atoms with Crippen LogP contribution in [0.1, 0.15) is 84.5 Å². The average Bonchev–Trinajstić information content (AvgIpc) is 3.48. The molecule has 2 aliphatic heterocycles. The number of nitrogens with zero attached hydrogens (tertiary/aromatic N) is 5. The number of ketones is 1. The number of carbonyl (C=O) groups is 2. The first-order valence-electron chi connectivity index (χ1n) is 17.5. The Morgan fingerprint density at radius 2 is 1.88 bits per heavy atom. The van der Waals surface area contributed by atoms with Crippen LogP contribution < -0.4 is 15.0 Å². The van der Waals surface area contributed by atoms with E-state index < -0.39 is 6.10 Å². The topological polar surface area (TPSA) is 124 Å². The summed E-state index contributed by atoms with van der Waals surface area (Å²) in [4.78, 5) is 41.4. The van der Waals surface area contributed by atoms with Crippen LogP contribution in [0.25, 0.3) is 0 Å². The number of oxazole rings is 1. The number of β-amino-alcohol motifs (C(OH)–C–C–N with tert-alkyl or cyclic N) is 1. The number of piperazine rings is 1. The monoisotopic (exact) mass is 692 g/mol. The standard InChI is InChI=1S/C37H50N6O5.H2S/c1-24(2)37(46)43-16-14-42(15-17-43)36-19-28(18-35(40-36)39-29-6-5-7-29)32(45)10-9-30(44)21-41-13-12-31-25(3)33(11-8-27(31)20-41)47-22-34-26(4)38-23-48-34;/h8,11,18-19,23-24,29-30,44H,5-7,9-10,12-17,20-22H2,1-4H3,(H,39,40);1H2/t30-;/m0./s1. The molecule has 1 saturated heterocycles. The molecule has 0 bridgehead atoms. The van der Waals surface area contributed by atoms with Gasteiger partial charge in [-0.2, -0.15) is 13.5 Å². The lowest BCUT2D eigenvalue weighted by Crippen LogP contribution is -2.50. The third kappa shape index (κ3) is 8.95. The van der Waals surface area contributed by atoms with E-state index in [1.807, 2.05) is 43.9 Å². The lowest BCUT2D eigenvalue weighted by molar-refractivity contribution is -0.134. The smallest absolute Gasteiger partial charge is 0.225 e. The molecule has 1 aliphatic carbocycles. The number of aryl methyl sites for hydroxylation is 1. The van der Waals surface area contributed by atoms with Gasteiger partial charge in [-0.15, -0.1) is 0 Å². The highest BCUT2D eigenvalue weighted by atomic mass is 32.1. The molecule has 3 aliphatic rings. The lowest BCUT2D eigenvalue weighted by atomic mass is 9.93. The van der Waals surface area contributed by atoms with Crippen LogP contribution in [0.15, 0.2) is 35.1 Å². The predicted octanol–water partition coefficient (Wildman–Crippen LogP) is 5.03. The molecule has 1 atom stereocenters. The molecule has 6 rings (SSSR count). The van der Waals surface area contributed by atoms with Crippen LogP contribution in [-0.2, 0) is 24.4 Å². The molecular formula is C37H52N6O5S. The van der Waals surface area contributed by atoms with E-state index >= 15 is 0 Å². The van der Waals surface area contributed by atoms with E-state index in [4.69, 9.17) is 14.1 Å². The van der Waals surface area contributed by atoms with Crippen LogP contribution in [-0.4, -0.2) is 88.0 Å². The molecule has 12 heteroatoms. The summed E-state index contributed by atoms with van der Waals surface area (Å²) in [7, 11) is 0. The van der Waals surface area contributed by atoms with E-state index in [0.717, 1.165) is 66.8 Å². The first-order chi connectivity index (χ1) is 23.1. The Bertz CT molecular complexity index is 1600. The van der Waals surface area contributed by atoms with Crippen molar-refractivity contribution in [1.29, 1.82) is 0 Å². The first-order valence-corrected chi connectivity index (χ1v) is 17.5. The van der Waals surface area contributed by atoms with E-state index in [-0.39, 0.29) is 37.5 Å². The minimum atomic E-state index is -0.607. The Kier molecular flexibility index (Phi) is 12.3. The van der Waals surface area contributed by atoms with E-state index in [2.05, 4.69) is 33.1 Å². The zero-order chi connectivity index (χ0) is 33.8. The zero-order valence-corrected chi connectivity index (χ0v) is 30.3. The van der Waals surface area contributed by atoms with Gasteiger partial charge in [0, 0.05) is 69.8 Å². The molecular weight excluding hydrogens is 641 g/mol. The average molecular weight is 693 g/mol. The van der Waals surface area contributed by atoms with Crippen LogP contribution >= 0.6 is 13.5 Å². The fraction of sp³-hybridized carbons (Fsp3) is 0.568. The highest BCUT2D eigenvalue weighted by Gasteiger charge is 2.26. The fourth-order valence-corrected chi connectivity index (χ4v) is 6.82. The van der Waals surface area contributed by atoms with Gasteiger partial charge in [-0.1, -0.05) is 19.9 Å². The molecule has 266 valence electrons. The number of benzene rings is 1.